The van der Waals surface area contributed by atoms with Gasteiger partial charge in [0, 0.05) is 30.8 Å². The number of aromatic nitrogens is 4. The van der Waals surface area contributed by atoms with Crippen LogP contribution >= 0.6 is 0 Å². The predicted molar refractivity (Wildman–Crippen MR) is 96.1 cm³/mol. The largest absolute Gasteiger partial charge is 0.489 e. The fourth-order valence-electron chi connectivity index (χ4n) is 3.30. The van der Waals surface area contributed by atoms with Crippen molar-refractivity contribution in [3.63, 3.8) is 0 Å². The Morgan fingerprint density at radius 1 is 1.19 bits per heavy atom. The number of nitrogens with one attached hydrogen (secondary N) is 1. The zero-order chi connectivity index (χ0) is 17.9. The van der Waals surface area contributed by atoms with Crippen molar-refractivity contribution in [1.29, 1.82) is 0 Å². The Morgan fingerprint density at radius 2 is 2.00 bits per heavy atom. The summed E-state index contributed by atoms with van der Waals surface area (Å²) in [5.74, 6) is 1.22. The number of carbonyl (C=O) groups excluding carboxylic acids is 1. The normalized spacial score (nSPS) is 20.0. The van der Waals surface area contributed by atoms with Gasteiger partial charge in [0.1, 0.15) is 11.4 Å². The summed E-state index contributed by atoms with van der Waals surface area (Å²) in [7, 11) is 0. The smallest absolute Gasteiger partial charge is 0.271 e. The molecule has 7 heteroatoms. The Labute approximate surface area is 151 Å². The zero-order valence-corrected chi connectivity index (χ0v) is 14.6. The fraction of sp³-hybridized carbons (Fsp3) is 0.368. The highest BCUT2D eigenvalue weighted by Crippen LogP contribution is 2.25. The van der Waals surface area contributed by atoms with Gasteiger partial charge < -0.3 is 10.1 Å². The van der Waals surface area contributed by atoms with Gasteiger partial charge in [-0.3, -0.25) is 14.2 Å². The molecular formula is C19H21N5O2. The molecule has 7 nitrogen and oxygen atoms in total. The molecule has 4 rings (SSSR count). The monoisotopic (exact) mass is 351 g/mol. The topological polar surface area (TPSA) is 81.4 Å². The van der Waals surface area contributed by atoms with Crippen LogP contribution in [-0.2, 0) is 0 Å². The molecule has 3 aromatic rings. The van der Waals surface area contributed by atoms with Gasteiger partial charge in [-0.25, -0.2) is 9.97 Å². The molecule has 1 saturated carbocycles. The zero-order valence-electron chi connectivity index (χ0n) is 14.6. The van der Waals surface area contributed by atoms with Crippen LogP contribution in [0.4, 0.5) is 0 Å². The number of carbonyl (C=O) groups is 1. The van der Waals surface area contributed by atoms with E-state index in [2.05, 4.69) is 20.3 Å². The first-order valence-electron chi connectivity index (χ1n) is 8.88. The van der Waals surface area contributed by atoms with Crippen LogP contribution in [0.15, 0.2) is 43.0 Å². The summed E-state index contributed by atoms with van der Waals surface area (Å²) in [6.45, 7) is 1.95. The second-order valence-corrected chi connectivity index (χ2v) is 6.60. The fourth-order valence-corrected chi connectivity index (χ4v) is 3.30. The van der Waals surface area contributed by atoms with Gasteiger partial charge in [-0.1, -0.05) is 0 Å². The van der Waals surface area contributed by atoms with E-state index in [9.17, 15) is 4.79 Å². The van der Waals surface area contributed by atoms with Crippen molar-refractivity contribution in [2.24, 2.45) is 0 Å². The number of fused-ring (bicyclic) bond motifs is 1. The lowest BCUT2D eigenvalue weighted by Gasteiger charge is -2.29. The predicted octanol–water partition coefficient (Wildman–Crippen LogP) is 2.55. The molecule has 0 aromatic carbocycles. The number of imidazole rings is 1. The van der Waals surface area contributed by atoms with Crippen LogP contribution < -0.4 is 10.1 Å². The second kappa shape index (κ2) is 7.11. The lowest BCUT2D eigenvalue weighted by atomic mass is 9.93. The van der Waals surface area contributed by atoms with Crippen molar-refractivity contribution in [2.45, 2.75) is 44.8 Å². The average Bonchev–Trinajstić information content (AvgIpc) is 3.10. The van der Waals surface area contributed by atoms with Gasteiger partial charge >= 0.3 is 0 Å². The van der Waals surface area contributed by atoms with Gasteiger partial charge in [-0.05, 0) is 50.8 Å². The molecule has 1 N–H and O–H groups in total. The van der Waals surface area contributed by atoms with E-state index in [4.69, 9.17) is 4.74 Å². The highest BCUT2D eigenvalue weighted by molar-refractivity contribution is 5.92. The number of hydrogen-bond donors (Lipinski definition) is 1. The molecule has 3 aromatic heterocycles. The lowest BCUT2D eigenvalue weighted by molar-refractivity contribution is 0.0889. The van der Waals surface area contributed by atoms with Crippen LogP contribution in [0.5, 0.6) is 5.75 Å². The summed E-state index contributed by atoms with van der Waals surface area (Å²) in [6, 6.07) is 5.79. The number of aryl methyl sites for hydroxylation is 1. The molecule has 0 saturated heterocycles. The third-order valence-corrected chi connectivity index (χ3v) is 4.73. The van der Waals surface area contributed by atoms with E-state index in [1.54, 1.807) is 23.0 Å². The van der Waals surface area contributed by atoms with E-state index < -0.39 is 0 Å². The molecule has 1 aliphatic rings. The van der Waals surface area contributed by atoms with Crippen LogP contribution in [0.1, 0.15) is 41.9 Å². The van der Waals surface area contributed by atoms with E-state index in [0.717, 1.165) is 37.1 Å². The van der Waals surface area contributed by atoms with Crippen molar-refractivity contribution >= 4 is 11.7 Å². The first-order chi connectivity index (χ1) is 12.7. The van der Waals surface area contributed by atoms with Crippen molar-refractivity contribution in [3.05, 3.63) is 54.4 Å². The maximum Gasteiger partial charge on any atom is 0.271 e. The Kier molecular flexibility index (Phi) is 4.51. The minimum Gasteiger partial charge on any atom is -0.489 e. The Hall–Kier alpha value is -2.96. The molecule has 3 heterocycles. The van der Waals surface area contributed by atoms with Gasteiger partial charge in [-0.15, -0.1) is 0 Å². The number of pyridine rings is 1. The average molecular weight is 351 g/mol. The molecule has 1 amide bonds. The molecule has 1 fully saturated rings. The van der Waals surface area contributed by atoms with E-state index in [0.29, 0.717) is 11.5 Å². The summed E-state index contributed by atoms with van der Waals surface area (Å²) in [4.78, 5) is 25.1. The summed E-state index contributed by atoms with van der Waals surface area (Å²) in [5, 5.41) is 3.08. The highest BCUT2D eigenvalue weighted by atomic mass is 16.5. The standard InChI is InChI=1S/C19H21N5O2/c1-13-17(4-2-9-20-13)26-15-7-5-14(6-8-15)22-18(25)16-12-24-11-3-10-21-19(24)23-16/h2-4,9-12,14-15H,5-8H2,1H3,(H,22,25). The second-order valence-electron chi connectivity index (χ2n) is 6.60. The van der Waals surface area contributed by atoms with Crippen LogP contribution in [-0.4, -0.2) is 37.4 Å². The minimum atomic E-state index is -0.150. The van der Waals surface area contributed by atoms with Crippen LogP contribution in [0, 0.1) is 6.92 Å². The molecule has 26 heavy (non-hydrogen) atoms. The minimum absolute atomic E-state index is 0.148. The summed E-state index contributed by atoms with van der Waals surface area (Å²) in [5.41, 5.74) is 1.30. The third-order valence-electron chi connectivity index (χ3n) is 4.73. The van der Waals surface area contributed by atoms with E-state index in [-0.39, 0.29) is 18.1 Å². The number of ether oxygens (including phenoxy) is 1. The van der Waals surface area contributed by atoms with Crippen LogP contribution in [0.2, 0.25) is 0 Å². The maximum absolute atomic E-state index is 12.4. The number of rotatable bonds is 4. The summed E-state index contributed by atoms with van der Waals surface area (Å²) in [6.07, 6.45) is 10.7. The van der Waals surface area contributed by atoms with Crippen LogP contribution in [0.3, 0.4) is 0 Å². The molecule has 0 unspecified atom stereocenters. The van der Waals surface area contributed by atoms with E-state index in [1.165, 1.54) is 0 Å². The first-order valence-corrected chi connectivity index (χ1v) is 8.88. The number of nitrogens with zero attached hydrogens (tertiary/aromatic N) is 4. The van der Waals surface area contributed by atoms with Crippen molar-refractivity contribution in [2.75, 3.05) is 0 Å². The van der Waals surface area contributed by atoms with Crippen LogP contribution in [0.25, 0.3) is 5.78 Å². The molecule has 0 aliphatic heterocycles. The van der Waals surface area contributed by atoms with Gasteiger partial charge in [0.15, 0.2) is 0 Å². The summed E-state index contributed by atoms with van der Waals surface area (Å²) < 4.78 is 7.81. The van der Waals surface area contributed by atoms with Gasteiger partial charge in [0.05, 0.1) is 11.8 Å². The Bertz CT molecular complexity index is 882. The molecular weight excluding hydrogens is 330 g/mol. The van der Waals surface area contributed by atoms with Gasteiger partial charge in [0.2, 0.25) is 5.78 Å². The van der Waals surface area contributed by atoms with Crippen molar-refractivity contribution in [3.8, 4) is 5.75 Å². The van der Waals surface area contributed by atoms with E-state index >= 15 is 0 Å². The highest BCUT2D eigenvalue weighted by Gasteiger charge is 2.25. The molecule has 0 bridgehead atoms. The summed E-state index contributed by atoms with van der Waals surface area (Å²) >= 11 is 0. The Balaban J connectivity index is 1.32. The van der Waals surface area contributed by atoms with Crippen molar-refractivity contribution in [1.82, 2.24) is 24.7 Å². The van der Waals surface area contributed by atoms with E-state index in [1.807, 2.05) is 31.3 Å². The lowest BCUT2D eigenvalue weighted by Crippen LogP contribution is -2.39. The third kappa shape index (κ3) is 3.51. The molecule has 1 aliphatic carbocycles. The quantitative estimate of drug-likeness (QED) is 0.781. The van der Waals surface area contributed by atoms with Gasteiger partial charge in [0.25, 0.3) is 5.91 Å². The maximum atomic E-state index is 12.4. The SMILES string of the molecule is Cc1ncccc1OC1CCC(NC(=O)c2cn3cccnc3n2)CC1. The molecule has 0 spiro atoms. The molecule has 134 valence electrons. The number of hydrogen-bond acceptors (Lipinski definition) is 5. The molecule has 0 atom stereocenters. The molecule has 0 radical (unpaired) electrons. The number of amides is 1. The first kappa shape index (κ1) is 16.5. The van der Waals surface area contributed by atoms with Gasteiger partial charge in [-0.2, -0.15) is 0 Å². The van der Waals surface area contributed by atoms with Crippen molar-refractivity contribution < 1.29 is 9.53 Å². The Morgan fingerprint density at radius 3 is 2.77 bits per heavy atom.